The minimum Gasteiger partial charge on any atom is -0.496 e. The molecule has 0 aromatic heterocycles. The van der Waals surface area contributed by atoms with E-state index in [2.05, 4.69) is 11.0 Å². The Kier molecular flexibility index (Phi) is 6.08. The summed E-state index contributed by atoms with van der Waals surface area (Å²) in [6.45, 7) is 2.91. The zero-order valence-corrected chi connectivity index (χ0v) is 20.0. The van der Waals surface area contributed by atoms with E-state index in [1.807, 2.05) is 67.6 Å². The van der Waals surface area contributed by atoms with Crippen molar-refractivity contribution in [1.29, 1.82) is 5.26 Å². The molecule has 1 atom stereocenters. The molecule has 1 amide bonds. The van der Waals surface area contributed by atoms with Gasteiger partial charge in [0.15, 0.2) is 0 Å². The average Bonchev–Trinajstić information content (AvgIpc) is 2.88. The number of ether oxygens (including phenoxy) is 2. The second-order valence-corrected chi connectivity index (χ2v) is 9.10. The van der Waals surface area contributed by atoms with Crippen molar-refractivity contribution >= 4 is 34.1 Å². The summed E-state index contributed by atoms with van der Waals surface area (Å²) in [6, 6.07) is 22.3. The van der Waals surface area contributed by atoms with Gasteiger partial charge in [-0.1, -0.05) is 54.2 Å². The lowest BCUT2D eigenvalue weighted by Gasteiger charge is -2.42. The standard InChI is InChI=1S/C27H25N3O3S/c1-3-33-23-11-7-6-10-22(23)29-16-30-25(31)14-20(21(15-28)27(30)34-17-29)26-19-9-5-4-8-18(19)12-13-24(26)32-2/h4-13,20H,3,14,16-17H2,1-2H3/t20-/m1/s1. The van der Waals surface area contributed by atoms with Gasteiger partial charge in [0, 0.05) is 17.9 Å². The minimum absolute atomic E-state index is 0.0000725. The molecule has 5 rings (SSSR count). The molecule has 34 heavy (non-hydrogen) atoms. The number of allylic oxidation sites excluding steroid dienone is 1. The molecule has 1 fully saturated rings. The van der Waals surface area contributed by atoms with Crippen molar-refractivity contribution in [3.8, 4) is 17.6 Å². The number of fused-ring (bicyclic) bond motifs is 2. The van der Waals surface area contributed by atoms with Gasteiger partial charge in [-0.05, 0) is 35.9 Å². The van der Waals surface area contributed by atoms with E-state index < -0.39 is 0 Å². The van der Waals surface area contributed by atoms with Crippen molar-refractivity contribution in [3.05, 3.63) is 76.8 Å². The van der Waals surface area contributed by atoms with E-state index >= 15 is 0 Å². The van der Waals surface area contributed by atoms with Crippen molar-refractivity contribution in [2.45, 2.75) is 19.3 Å². The van der Waals surface area contributed by atoms with Crippen LogP contribution < -0.4 is 14.4 Å². The topological polar surface area (TPSA) is 65.8 Å². The smallest absolute Gasteiger partial charge is 0.229 e. The maximum Gasteiger partial charge on any atom is 0.229 e. The maximum absolute atomic E-state index is 13.5. The van der Waals surface area contributed by atoms with Crippen LogP contribution in [0.4, 0.5) is 5.69 Å². The van der Waals surface area contributed by atoms with Gasteiger partial charge in [0.05, 0.1) is 48.6 Å². The SMILES string of the molecule is CCOc1ccccc1N1CSC2=C(C#N)[C@H](c3c(OC)ccc4ccccc34)CC(=O)N2C1. The molecule has 0 aliphatic carbocycles. The van der Waals surface area contributed by atoms with Crippen molar-refractivity contribution < 1.29 is 14.3 Å². The van der Waals surface area contributed by atoms with Crippen molar-refractivity contribution in [2.75, 3.05) is 31.2 Å². The molecular weight excluding hydrogens is 446 g/mol. The van der Waals surface area contributed by atoms with Gasteiger partial charge in [-0.25, -0.2) is 0 Å². The number of rotatable bonds is 5. The first-order valence-corrected chi connectivity index (χ1v) is 12.2. The summed E-state index contributed by atoms with van der Waals surface area (Å²) in [7, 11) is 1.63. The van der Waals surface area contributed by atoms with Gasteiger partial charge in [0.2, 0.25) is 5.91 Å². The molecule has 7 heteroatoms. The molecule has 3 aromatic rings. The lowest BCUT2D eigenvalue weighted by atomic mass is 9.83. The molecular formula is C27H25N3O3S. The lowest BCUT2D eigenvalue weighted by molar-refractivity contribution is -0.129. The zero-order chi connectivity index (χ0) is 23.7. The van der Waals surface area contributed by atoms with E-state index in [1.165, 1.54) is 11.8 Å². The Labute approximate surface area is 203 Å². The third kappa shape index (κ3) is 3.74. The predicted molar refractivity (Wildman–Crippen MR) is 135 cm³/mol. The monoisotopic (exact) mass is 471 g/mol. The molecule has 3 aromatic carbocycles. The van der Waals surface area contributed by atoms with E-state index in [0.29, 0.717) is 30.5 Å². The molecule has 0 radical (unpaired) electrons. The summed E-state index contributed by atoms with van der Waals surface area (Å²) in [5.41, 5.74) is 2.47. The van der Waals surface area contributed by atoms with Crippen molar-refractivity contribution in [2.24, 2.45) is 0 Å². The molecule has 0 spiro atoms. The summed E-state index contributed by atoms with van der Waals surface area (Å²) >= 11 is 1.52. The summed E-state index contributed by atoms with van der Waals surface area (Å²) in [6.07, 6.45) is 0.221. The summed E-state index contributed by atoms with van der Waals surface area (Å²) in [5, 5.41) is 13.1. The van der Waals surface area contributed by atoms with Crippen LogP contribution in [0, 0.1) is 11.3 Å². The second kappa shape index (κ2) is 9.32. The van der Waals surface area contributed by atoms with Gasteiger partial charge >= 0.3 is 0 Å². The van der Waals surface area contributed by atoms with Crippen molar-refractivity contribution in [3.63, 3.8) is 0 Å². The maximum atomic E-state index is 13.5. The third-order valence-corrected chi connectivity index (χ3v) is 7.45. The predicted octanol–water partition coefficient (Wildman–Crippen LogP) is 5.47. The van der Waals surface area contributed by atoms with Gasteiger partial charge in [-0.2, -0.15) is 5.26 Å². The number of carbonyl (C=O) groups excluding carboxylic acids is 1. The molecule has 0 N–H and O–H groups in total. The van der Waals surface area contributed by atoms with Crippen LogP contribution >= 0.6 is 11.8 Å². The largest absolute Gasteiger partial charge is 0.496 e. The highest BCUT2D eigenvalue weighted by Gasteiger charge is 2.40. The van der Waals surface area contributed by atoms with Crippen LogP contribution in [0.2, 0.25) is 0 Å². The summed E-state index contributed by atoms with van der Waals surface area (Å²) in [5.74, 6) is 1.76. The van der Waals surface area contributed by atoms with Gasteiger partial charge in [0.25, 0.3) is 0 Å². The number of nitriles is 1. The number of anilines is 1. The number of carbonyl (C=O) groups is 1. The third-order valence-electron chi connectivity index (χ3n) is 6.30. The van der Waals surface area contributed by atoms with Crippen LogP contribution in [-0.2, 0) is 4.79 Å². The molecule has 0 unspecified atom stereocenters. The highest BCUT2D eigenvalue weighted by Crippen LogP contribution is 2.47. The highest BCUT2D eigenvalue weighted by molar-refractivity contribution is 8.03. The number of para-hydroxylation sites is 2. The van der Waals surface area contributed by atoms with E-state index in [0.717, 1.165) is 32.8 Å². The first-order chi connectivity index (χ1) is 16.7. The van der Waals surface area contributed by atoms with Gasteiger partial charge < -0.3 is 14.4 Å². The minimum atomic E-state index is -0.348. The molecule has 1 saturated heterocycles. The number of thioether (sulfide) groups is 1. The van der Waals surface area contributed by atoms with Crippen LogP contribution in [0.1, 0.15) is 24.8 Å². The fourth-order valence-corrected chi connectivity index (χ4v) is 5.93. The number of hydrogen-bond acceptors (Lipinski definition) is 6. The van der Waals surface area contributed by atoms with Crippen LogP contribution in [0.3, 0.4) is 0 Å². The number of amides is 1. The molecule has 172 valence electrons. The molecule has 0 saturated carbocycles. The fourth-order valence-electron chi connectivity index (χ4n) is 4.77. The van der Waals surface area contributed by atoms with E-state index in [-0.39, 0.29) is 18.2 Å². The van der Waals surface area contributed by atoms with Crippen LogP contribution in [0.25, 0.3) is 10.8 Å². The van der Waals surface area contributed by atoms with E-state index in [9.17, 15) is 10.1 Å². The first kappa shape index (κ1) is 22.2. The molecule has 2 aliphatic rings. The molecule has 6 nitrogen and oxygen atoms in total. The number of benzene rings is 3. The van der Waals surface area contributed by atoms with Gasteiger partial charge in [0.1, 0.15) is 11.5 Å². The molecule has 2 heterocycles. The quantitative estimate of drug-likeness (QED) is 0.492. The lowest BCUT2D eigenvalue weighted by Crippen LogP contribution is -2.47. The number of methoxy groups -OCH3 is 1. The second-order valence-electron chi connectivity index (χ2n) is 8.17. The molecule has 2 aliphatic heterocycles. The Morgan fingerprint density at radius 1 is 1.09 bits per heavy atom. The Morgan fingerprint density at radius 3 is 2.68 bits per heavy atom. The summed E-state index contributed by atoms with van der Waals surface area (Å²) < 4.78 is 11.5. The van der Waals surface area contributed by atoms with E-state index in [1.54, 1.807) is 12.0 Å². The van der Waals surface area contributed by atoms with Crippen molar-refractivity contribution in [1.82, 2.24) is 4.90 Å². The number of nitrogens with zero attached hydrogens (tertiary/aromatic N) is 3. The Bertz CT molecular complexity index is 1330. The summed E-state index contributed by atoms with van der Waals surface area (Å²) in [4.78, 5) is 17.3. The first-order valence-electron chi connectivity index (χ1n) is 11.3. The fraction of sp³-hybridized carbons (Fsp3) is 0.259. The van der Waals surface area contributed by atoms with E-state index in [4.69, 9.17) is 9.47 Å². The number of hydrogen-bond donors (Lipinski definition) is 0. The van der Waals surface area contributed by atoms with Gasteiger partial charge in [-0.3, -0.25) is 9.69 Å². The normalized spacial score (nSPS) is 18.0. The molecule has 0 bridgehead atoms. The highest BCUT2D eigenvalue weighted by atomic mass is 32.2. The Balaban J connectivity index is 1.56. The van der Waals surface area contributed by atoms with Crippen LogP contribution in [0.5, 0.6) is 11.5 Å². The van der Waals surface area contributed by atoms with Crippen LogP contribution in [-0.4, -0.2) is 37.1 Å². The Morgan fingerprint density at radius 2 is 1.88 bits per heavy atom. The zero-order valence-electron chi connectivity index (χ0n) is 19.2. The van der Waals surface area contributed by atoms with Gasteiger partial charge in [-0.15, -0.1) is 0 Å². The van der Waals surface area contributed by atoms with Crippen LogP contribution in [0.15, 0.2) is 71.3 Å². The average molecular weight is 472 g/mol. The Hall–Kier alpha value is -3.63.